The van der Waals surface area contributed by atoms with Crippen LogP contribution in [-0.2, 0) is 9.53 Å². The van der Waals surface area contributed by atoms with E-state index < -0.39 is 6.04 Å². The molecule has 132 valence electrons. The van der Waals surface area contributed by atoms with E-state index in [2.05, 4.69) is 10.3 Å². The lowest BCUT2D eigenvalue weighted by molar-refractivity contribution is -0.136. The standard InChI is InChI=1S/C18H21N3O3S/c1-12-14(5-6-15(19-12)16-4-3-11-25-16)17(22)20-13(2)18(23)21-7-9-24-10-8-21/h3-6,11,13H,7-10H2,1-2H3,(H,20,22). The summed E-state index contributed by atoms with van der Waals surface area (Å²) in [4.78, 5) is 32.2. The summed E-state index contributed by atoms with van der Waals surface area (Å²) in [5.41, 5.74) is 1.98. The fourth-order valence-electron chi connectivity index (χ4n) is 2.76. The summed E-state index contributed by atoms with van der Waals surface area (Å²) in [6.07, 6.45) is 0. The lowest BCUT2D eigenvalue weighted by Gasteiger charge is -2.29. The Bertz CT molecular complexity index is 755. The molecule has 1 saturated heterocycles. The zero-order valence-electron chi connectivity index (χ0n) is 14.3. The number of morpholine rings is 1. The van der Waals surface area contributed by atoms with Crippen molar-refractivity contribution in [2.45, 2.75) is 19.9 Å². The number of ether oxygens (including phenoxy) is 1. The summed E-state index contributed by atoms with van der Waals surface area (Å²) in [6, 6.07) is 6.98. The zero-order chi connectivity index (χ0) is 17.8. The average Bonchev–Trinajstić information content (AvgIpc) is 3.16. The summed E-state index contributed by atoms with van der Waals surface area (Å²) in [7, 11) is 0. The average molecular weight is 359 g/mol. The van der Waals surface area contributed by atoms with Crippen LogP contribution in [0.4, 0.5) is 0 Å². The molecule has 0 bridgehead atoms. The number of carbonyl (C=O) groups is 2. The molecule has 1 aliphatic rings. The molecule has 0 aromatic carbocycles. The number of aromatic nitrogens is 1. The molecule has 2 aromatic rings. The van der Waals surface area contributed by atoms with Gasteiger partial charge in [-0.1, -0.05) is 6.07 Å². The fourth-order valence-corrected chi connectivity index (χ4v) is 3.45. The van der Waals surface area contributed by atoms with Crippen molar-refractivity contribution in [3.05, 3.63) is 40.9 Å². The lowest BCUT2D eigenvalue weighted by Crippen LogP contribution is -2.50. The Balaban J connectivity index is 1.67. The monoisotopic (exact) mass is 359 g/mol. The topological polar surface area (TPSA) is 71.5 Å². The van der Waals surface area contributed by atoms with Crippen molar-refractivity contribution in [2.75, 3.05) is 26.3 Å². The molecule has 0 radical (unpaired) electrons. The highest BCUT2D eigenvalue weighted by Gasteiger charge is 2.24. The molecule has 1 unspecified atom stereocenters. The first kappa shape index (κ1) is 17.6. The van der Waals surface area contributed by atoms with Gasteiger partial charge in [0.2, 0.25) is 5.91 Å². The van der Waals surface area contributed by atoms with Crippen LogP contribution in [0.5, 0.6) is 0 Å². The minimum Gasteiger partial charge on any atom is -0.378 e. The molecular weight excluding hydrogens is 338 g/mol. The lowest BCUT2D eigenvalue weighted by atomic mass is 10.1. The highest BCUT2D eigenvalue weighted by atomic mass is 32.1. The van der Waals surface area contributed by atoms with Crippen LogP contribution >= 0.6 is 11.3 Å². The molecule has 1 atom stereocenters. The van der Waals surface area contributed by atoms with Gasteiger partial charge in [0.1, 0.15) is 6.04 Å². The van der Waals surface area contributed by atoms with Crippen LogP contribution in [-0.4, -0.2) is 54.0 Å². The van der Waals surface area contributed by atoms with Crippen molar-refractivity contribution in [3.63, 3.8) is 0 Å². The number of aryl methyl sites for hydroxylation is 1. The second-order valence-corrected chi connectivity index (χ2v) is 6.89. The van der Waals surface area contributed by atoms with Gasteiger partial charge < -0.3 is 15.0 Å². The first-order chi connectivity index (χ1) is 12.1. The molecule has 2 amide bonds. The summed E-state index contributed by atoms with van der Waals surface area (Å²) < 4.78 is 5.25. The third-order valence-corrected chi connectivity index (χ3v) is 5.04. The SMILES string of the molecule is Cc1nc(-c2cccs2)ccc1C(=O)NC(C)C(=O)N1CCOCC1. The van der Waals surface area contributed by atoms with Crippen LogP contribution in [0.25, 0.3) is 10.6 Å². The number of amides is 2. The molecule has 2 aromatic heterocycles. The van der Waals surface area contributed by atoms with E-state index in [4.69, 9.17) is 4.74 Å². The van der Waals surface area contributed by atoms with Crippen LogP contribution in [0.3, 0.4) is 0 Å². The van der Waals surface area contributed by atoms with Crippen molar-refractivity contribution in [3.8, 4) is 10.6 Å². The van der Waals surface area contributed by atoms with Crippen LogP contribution in [0.15, 0.2) is 29.6 Å². The van der Waals surface area contributed by atoms with Gasteiger partial charge in [0, 0.05) is 13.1 Å². The van der Waals surface area contributed by atoms with E-state index in [1.54, 1.807) is 36.2 Å². The Morgan fingerprint density at radius 2 is 2.04 bits per heavy atom. The Kier molecular flexibility index (Phi) is 5.45. The second-order valence-electron chi connectivity index (χ2n) is 5.94. The van der Waals surface area contributed by atoms with Crippen LogP contribution in [0, 0.1) is 6.92 Å². The summed E-state index contributed by atoms with van der Waals surface area (Å²) in [5.74, 6) is -0.366. The van der Waals surface area contributed by atoms with Gasteiger partial charge in [-0.15, -0.1) is 11.3 Å². The summed E-state index contributed by atoms with van der Waals surface area (Å²) >= 11 is 1.61. The number of thiophene rings is 1. The van der Waals surface area contributed by atoms with E-state index in [0.717, 1.165) is 10.6 Å². The maximum atomic E-state index is 12.5. The molecule has 0 saturated carbocycles. The molecule has 0 aliphatic carbocycles. The van der Waals surface area contributed by atoms with Crippen LogP contribution < -0.4 is 5.32 Å². The molecular formula is C18H21N3O3S. The molecule has 3 heterocycles. The first-order valence-electron chi connectivity index (χ1n) is 8.25. The summed E-state index contributed by atoms with van der Waals surface area (Å²) in [5, 5.41) is 4.77. The van der Waals surface area contributed by atoms with Crippen LogP contribution in [0.1, 0.15) is 23.0 Å². The molecule has 7 heteroatoms. The fraction of sp³-hybridized carbons (Fsp3) is 0.389. The Morgan fingerprint density at radius 1 is 1.28 bits per heavy atom. The molecule has 3 rings (SSSR count). The number of nitrogens with one attached hydrogen (secondary N) is 1. The smallest absolute Gasteiger partial charge is 0.253 e. The van der Waals surface area contributed by atoms with Crippen molar-refractivity contribution >= 4 is 23.2 Å². The number of nitrogens with zero attached hydrogens (tertiary/aromatic N) is 2. The zero-order valence-corrected chi connectivity index (χ0v) is 15.1. The van der Waals surface area contributed by atoms with Crippen molar-refractivity contribution in [1.82, 2.24) is 15.2 Å². The van der Waals surface area contributed by atoms with Crippen molar-refractivity contribution < 1.29 is 14.3 Å². The van der Waals surface area contributed by atoms with E-state index in [0.29, 0.717) is 37.6 Å². The maximum absolute atomic E-state index is 12.5. The second kappa shape index (κ2) is 7.76. The van der Waals surface area contributed by atoms with Gasteiger partial charge in [-0.05, 0) is 37.4 Å². The molecule has 1 aliphatic heterocycles. The van der Waals surface area contributed by atoms with Crippen molar-refractivity contribution in [2.24, 2.45) is 0 Å². The molecule has 6 nitrogen and oxygen atoms in total. The highest BCUT2D eigenvalue weighted by Crippen LogP contribution is 2.23. The van der Waals surface area contributed by atoms with Gasteiger partial charge in [0.05, 0.1) is 35.0 Å². The summed E-state index contributed by atoms with van der Waals surface area (Å²) in [6.45, 7) is 5.72. The maximum Gasteiger partial charge on any atom is 0.253 e. The molecule has 1 N–H and O–H groups in total. The third-order valence-electron chi connectivity index (χ3n) is 4.14. The predicted molar refractivity (Wildman–Crippen MR) is 96.6 cm³/mol. The van der Waals surface area contributed by atoms with Gasteiger partial charge >= 0.3 is 0 Å². The molecule has 1 fully saturated rings. The number of pyridine rings is 1. The van der Waals surface area contributed by atoms with Gasteiger partial charge in [0.15, 0.2) is 0 Å². The van der Waals surface area contributed by atoms with Crippen LogP contribution in [0.2, 0.25) is 0 Å². The van der Waals surface area contributed by atoms with E-state index in [1.165, 1.54) is 0 Å². The number of carbonyl (C=O) groups excluding carboxylic acids is 2. The quantitative estimate of drug-likeness (QED) is 0.907. The van der Waals surface area contributed by atoms with E-state index in [-0.39, 0.29) is 11.8 Å². The highest BCUT2D eigenvalue weighted by molar-refractivity contribution is 7.13. The molecule has 25 heavy (non-hydrogen) atoms. The number of hydrogen-bond donors (Lipinski definition) is 1. The Labute approximate surface area is 150 Å². The Hall–Kier alpha value is -2.25. The van der Waals surface area contributed by atoms with E-state index >= 15 is 0 Å². The molecule has 0 spiro atoms. The Morgan fingerprint density at radius 3 is 2.68 bits per heavy atom. The third kappa shape index (κ3) is 4.05. The largest absolute Gasteiger partial charge is 0.378 e. The van der Waals surface area contributed by atoms with Crippen molar-refractivity contribution in [1.29, 1.82) is 0 Å². The predicted octanol–water partition coefficient (Wildman–Crippen LogP) is 2.10. The normalized spacial score (nSPS) is 15.7. The van der Waals surface area contributed by atoms with Gasteiger partial charge in [-0.25, -0.2) is 0 Å². The minimum absolute atomic E-state index is 0.0857. The minimum atomic E-state index is -0.582. The van der Waals surface area contributed by atoms with E-state index in [1.807, 2.05) is 23.6 Å². The first-order valence-corrected chi connectivity index (χ1v) is 9.13. The van der Waals surface area contributed by atoms with Gasteiger partial charge in [-0.3, -0.25) is 14.6 Å². The number of hydrogen-bond acceptors (Lipinski definition) is 5. The number of rotatable bonds is 4. The van der Waals surface area contributed by atoms with E-state index in [9.17, 15) is 9.59 Å². The van der Waals surface area contributed by atoms with Gasteiger partial charge in [-0.2, -0.15) is 0 Å². The van der Waals surface area contributed by atoms with Gasteiger partial charge in [0.25, 0.3) is 5.91 Å².